The third kappa shape index (κ3) is 3.80. The van der Waals surface area contributed by atoms with Gasteiger partial charge >= 0.3 is 6.09 Å². The molecule has 126 valence electrons. The lowest BCUT2D eigenvalue weighted by Crippen LogP contribution is -2.40. The van der Waals surface area contributed by atoms with E-state index in [0.717, 1.165) is 18.9 Å². The molecule has 0 radical (unpaired) electrons. The smallest absolute Gasteiger partial charge is 0.410 e. The van der Waals surface area contributed by atoms with Crippen LogP contribution < -0.4 is 5.32 Å². The minimum atomic E-state index is -0.447. The minimum absolute atomic E-state index is 0.213. The van der Waals surface area contributed by atoms with E-state index in [2.05, 4.69) is 30.4 Å². The molecule has 1 N–H and O–H groups in total. The van der Waals surface area contributed by atoms with Crippen molar-refractivity contribution >= 4 is 11.8 Å². The fraction of sp³-hybridized carbons (Fsp3) is 0.632. The van der Waals surface area contributed by atoms with Crippen LogP contribution in [0.25, 0.3) is 0 Å². The Kier molecular flexibility index (Phi) is 4.26. The molecule has 2 aliphatic rings. The lowest BCUT2D eigenvalue weighted by atomic mass is 9.81. The lowest BCUT2D eigenvalue weighted by molar-refractivity contribution is 0.0224. The number of benzene rings is 1. The average molecular weight is 316 g/mol. The van der Waals surface area contributed by atoms with Crippen LogP contribution in [0.15, 0.2) is 18.2 Å². The van der Waals surface area contributed by atoms with Crippen LogP contribution in [0.5, 0.6) is 0 Å². The van der Waals surface area contributed by atoms with Gasteiger partial charge in [-0.05, 0) is 63.1 Å². The molecule has 4 heteroatoms. The van der Waals surface area contributed by atoms with Crippen molar-refractivity contribution in [3.8, 4) is 0 Å². The molecule has 0 aromatic heterocycles. The van der Waals surface area contributed by atoms with Gasteiger partial charge in [0.15, 0.2) is 0 Å². The maximum Gasteiger partial charge on any atom is 0.410 e. The Bertz CT molecular complexity index is 586. The van der Waals surface area contributed by atoms with E-state index in [1.165, 1.54) is 29.7 Å². The summed E-state index contributed by atoms with van der Waals surface area (Å²) in [5.74, 6) is 0.824. The number of anilines is 1. The number of hydrogen-bond donors (Lipinski definition) is 1. The highest BCUT2D eigenvalue weighted by molar-refractivity contribution is 5.70. The Labute approximate surface area is 139 Å². The Morgan fingerprint density at radius 3 is 2.70 bits per heavy atom. The van der Waals surface area contributed by atoms with Crippen LogP contribution in [0.1, 0.15) is 51.7 Å². The quantitative estimate of drug-likeness (QED) is 0.889. The molecule has 1 amide bonds. The number of hydrogen-bond acceptors (Lipinski definition) is 3. The number of nitrogens with zero attached hydrogens (tertiary/aromatic N) is 1. The maximum absolute atomic E-state index is 12.4. The van der Waals surface area contributed by atoms with E-state index in [9.17, 15) is 4.79 Å². The molecule has 1 saturated carbocycles. The summed E-state index contributed by atoms with van der Waals surface area (Å²) >= 11 is 0. The van der Waals surface area contributed by atoms with Gasteiger partial charge in [-0.25, -0.2) is 4.79 Å². The molecule has 0 bridgehead atoms. The van der Waals surface area contributed by atoms with Crippen molar-refractivity contribution in [2.45, 2.75) is 65.1 Å². The Morgan fingerprint density at radius 1 is 1.30 bits per heavy atom. The van der Waals surface area contributed by atoms with Crippen molar-refractivity contribution < 1.29 is 9.53 Å². The van der Waals surface area contributed by atoms with Crippen molar-refractivity contribution in [1.82, 2.24) is 4.90 Å². The van der Waals surface area contributed by atoms with Gasteiger partial charge in [0.05, 0.1) is 6.54 Å². The zero-order valence-corrected chi connectivity index (χ0v) is 14.7. The molecule has 3 rings (SSSR count). The van der Waals surface area contributed by atoms with Gasteiger partial charge in [0, 0.05) is 18.3 Å². The van der Waals surface area contributed by atoms with Gasteiger partial charge in [0.2, 0.25) is 0 Å². The zero-order valence-electron chi connectivity index (χ0n) is 14.7. The van der Waals surface area contributed by atoms with Crippen LogP contribution in [0.4, 0.5) is 10.5 Å². The number of nitrogens with one attached hydrogen (secondary N) is 1. The topological polar surface area (TPSA) is 41.6 Å². The summed E-state index contributed by atoms with van der Waals surface area (Å²) in [5.41, 5.74) is 3.34. The van der Waals surface area contributed by atoms with Crippen LogP contribution >= 0.6 is 0 Å². The van der Waals surface area contributed by atoms with Gasteiger partial charge in [-0.15, -0.1) is 0 Å². The number of fused-ring (bicyclic) bond motifs is 1. The monoisotopic (exact) mass is 316 g/mol. The second kappa shape index (κ2) is 6.06. The van der Waals surface area contributed by atoms with E-state index in [1.54, 1.807) is 0 Å². The number of carbonyl (C=O) groups is 1. The van der Waals surface area contributed by atoms with E-state index < -0.39 is 5.60 Å². The number of rotatable bonds is 2. The molecule has 1 fully saturated rings. The molecule has 0 unspecified atom stereocenters. The summed E-state index contributed by atoms with van der Waals surface area (Å²) in [6, 6.07) is 7.01. The van der Waals surface area contributed by atoms with Crippen LogP contribution in [-0.4, -0.2) is 29.2 Å². The van der Waals surface area contributed by atoms with Crippen molar-refractivity contribution in [2.24, 2.45) is 5.92 Å². The normalized spacial score (nSPS) is 23.7. The first kappa shape index (κ1) is 16.2. The molecule has 1 aliphatic carbocycles. The highest BCUT2D eigenvalue weighted by Gasteiger charge is 2.29. The molecule has 0 spiro atoms. The van der Waals surface area contributed by atoms with E-state index in [1.807, 2.05) is 25.7 Å². The average Bonchev–Trinajstić information content (AvgIpc) is 2.43. The SMILES string of the molecule is CC1CC(Nc2cccc3c2CN(C(=O)OC(C)(C)C)CC3)C1. The fourth-order valence-electron chi connectivity index (χ4n) is 3.44. The Hall–Kier alpha value is -1.71. The molecule has 1 heterocycles. The maximum atomic E-state index is 12.4. The molecule has 4 nitrogen and oxygen atoms in total. The van der Waals surface area contributed by atoms with Gasteiger partial charge in [0.25, 0.3) is 0 Å². The van der Waals surface area contributed by atoms with Gasteiger partial charge in [-0.1, -0.05) is 19.1 Å². The summed E-state index contributed by atoms with van der Waals surface area (Å²) in [7, 11) is 0. The van der Waals surface area contributed by atoms with Crippen molar-refractivity contribution in [2.75, 3.05) is 11.9 Å². The molecule has 0 saturated heterocycles. The predicted octanol–water partition coefficient (Wildman–Crippen LogP) is 4.19. The van der Waals surface area contributed by atoms with Crippen LogP contribution in [0.3, 0.4) is 0 Å². The van der Waals surface area contributed by atoms with E-state index in [4.69, 9.17) is 4.74 Å². The van der Waals surface area contributed by atoms with Crippen LogP contribution in [0, 0.1) is 5.92 Å². The van der Waals surface area contributed by atoms with Gasteiger partial charge in [-0.2, -0.15) is 0 Å². The number of ether oxygens (including phenoxy) is 1. The molecule has 1 aromatic carbocycles. The Morgan fingerprint density at radius 2 is 2.04 bits per heavy atom. The molecule has 0 atom stereocenters. The van der Waals surface area contributed by atoms with Gasteiger partial charge in [0.1, 0.15) is 5.60 Å². The molecule has 23 heavy (non-hydrogen) atoms. The first-order chi connectivity index (χ1) is 10.8. The largest absolute Gasteiger partial charge is 0.444 e. The highest BCUT2D eigenvalue weighted by Crippen LogP contribution is 2.33. The second-order valence-corrected chi connectivity index (χ2v) is 8.01. The first-order valence-corrected chi connectivity index (χ1v) is 8.67. The second-order valence-electron chi connectivity index (χ2n) is 8.01. The zero-order chi connectivity index (χ0) is 16.6. The molecular formula is C19H28N2O2. The van der Waals surface area contributed by atoms with E-state index in [-0.39, 0.29) is 6.09 Å². The third-order valence-electron chi connectivity index (χ3n) is 4.66. The molecular weight excluding hydrogens is 288 g/mol. The first-order valence-electron chi connectivity index (χ1n) is 8.67. The summed E-state index contributed by atoms with van der Waals surface area (Å²) in [6.45, 7) is 9.39. The summed E-state index contributed by atoms with van der Waals surface area (Å²) in [6.07, 6.45) is 3.15. The Balaban J connectivity index is 1.72. The predicted molar refractivity (Wildman–Crippen MR) is 92.6 cm³/mol. The van der Waals surface area contributed by atoms with Gasteiger partial charge < -0.3 is 15.0 Å². The van der Waals surface area contributed by atoms with E-state index >= 15 is 0 Å². The van der Waals surface area contributed by atoms with E-state index in [0.29, 0.717) is 12.6 Å². The summed E-state index contributed by atoms with van der Waals surface area (Å²) in [5, 5.41) is 3.67. The summed E-state index contributed by atoms with van der Waals surface area (Å²) in [4.78, 5) is 14.2. The van der Waals surface area contributed by atoms with Crippen LogP contribution in [-0.2, 0) is 17.7 Å². The fourth-order valence-corrected chi connectivity index (χ4v) is 3.44. The van der Waals surface area contributed by atoms with Crippen molar-refractivity contribution in [1.29, 1.82) is 0 Å². The number of amides is 1. The van der Waals surface area contributed by atoms with Crippen molar-refractivity contribution in [3.05, 3.63) is 29.3 Å². The van der Waals surface area contributed by atoms with Crippen molar-refractivity contribution in [3.63, 3.8) is 0 Å². The summed E-state index contributed by atoms with van der Waals surface area (Å²) < 4.78 is 5.53. The van der Waals surface area contributed by atoms with Crippen LogP contribution in [0.2, 0.25) is 0 Å². The minimum Gasteiger partial charge on any atom is -0.444 e. The highest BCUT2D eigenvalue weighted by atomic mass is 16.6. The third-order valence-corrected chi connectivity index (χ3v) is 4.66. The standard InChI is InChI=1S/C19H28N2O2/c1-13-10-15(11-13)20-17-7-5-6-14-8-9-21(12-16(14)17)18(22)23-19(2,3)4/h5-7,13,15,20H,8-12H2,1-4H3. The number of carbonyl (C=O) groups excluding carboxylic acids is 1. The molecule has 1 aromatic rings. The lowest BCUT2D eigenvalue weighted by Gasteiger charge is -2.36. The molecule has 1 aliphatic heterocycles. The van der Waals surface area contributed by atoms with Gasteiger partial charge in [-0.3, -0.25) is 0 Å².